The molecule has 0 saturated carbocycles. The van der Waals surface area contributed by atoms with E-state index in [2.05, 4.69) is 32.2 Å². The molecule has 1 aliphatic heterocycles. The van der Waals surface area contributed by atoms with Gasteiger partial charge in [-0.05, 0) is 25.1 Å². The van der Waals surface area contributed by atoms with Crippen LogP contribution in [0.25, 0.3) is 0 Å². The van der Waals surface area contributed by atoms with E-state index < -0.39 is 0 Å². The summed E-state index contributed by atoms with van der Waals surface area (Å²) in [5, 5.41) is 6.52. The second-order valence-electron chi connectivity index (χ2n) is 5.96. The number of aryl methyl sites for hydroxylation is 1. The number of hydrogen-bond acceptors (Lipinski definition) is 6. The lowest BCUT2D eigenvalue weighted by Crippen LogP contribution is -2.46. The van der Waals surface area contributed by atoms with Crippen molar-refractivity contribution in [2.24, 2.45) is 0 Å². The van der Waals surface area contributed by atoms with E-state index in [1.807, 2.05) is 18.3 Å². The molecule has 128 valence electrons. The highest BCUT2D eigenvalue weighted by Crippen LogP contribution is 2.14. The third kappa shape index (κ3) is 3.91. The molecular formula is C17H23N5O2. The number of nitrogens with zero attached hydrogens (tertiary/aromatic N) is 4. The van der Waals surface area contributed by atoms with Gasteiger partial charge in [0.25, 0.3) is 5.91 Å². The van der Waals surface area contributed by atoms with Crippen LogP contribution in [0, 0.1) is 6.92 Å². The summed E-state index contributed by atoms with van der Waals surface area (Å²) in [6, 6.07) is 5.63. The van der Waals surface area contributed by atoms with E-state index in [9.17, 15) is 4.79 Å². The molecule has 2 aromatic heterocycles. The Morgan fingerprint density at radius 1 is 1.29 bits per heavy atom. The molecule has 3 rings (SSSR count). The minimum absolute atomic E-state index is 0.228. The van der Waals surface area contributed by atoms with E-state index in [1.165, 1.54) is 0 Å². The maximum absolute atomic E-state index is 11.9. The second kappa shape index (κ2) is 7.44. The van der Waals surface area contributed by atoms with Crippen molar-refractivity contribution < 1.29 is 9.32 Å². The molecule has 0 radical (unpaired) electrons. The number of pyridine rings is 1. The van der Waals surface area contributed by atoms with Crippen LogP contribution in [-0.2, 0) is 6.54 Å². The highest BCUT2D eigenvalue weighted by molar-refractivity contribution is 5.91. The first-order valence-corrected chi connectivity index (χ1v) is 8.29. The van der Waals surface area contributed by atoms with Crippen LogP contribution in [0.2, 0.25) is 0 Å². The van der Waals surface area contributed by atoms with Crippen LogP contribution in [-0.4, -0.2) is 53.7 Å². The van der Waals surface area contributed by atoms with E-state index in [-0.39, 0.29) is 11.7 Å². The smallest absolute Gasteiger partial charge is 0.290 e. The Morgan fingerprint density at radius 2 is 2.08 bits per heavy atom. The van der Waals surface area contributed by atoms with Gasteiger partial charge in [-0.3, -0.25) is 4.79 Å². The van der Waals surface area contributed by atoms with Crippen molar-refractivity contribution in [3.63, 3.8) is 0 Å². The molecule has 0 bridgehead atoms. The Hall–Kier alpha value is -2.41. The lowest BCUT2D eigenvalue weighted by Gasteiger charge is -2.34. The van der Waals surface area contributed by atoms with Gasteiger partial charge in [-0.15, -0.1) is 0 Å². The van der Waals surface area contributed by atoms with Gasteiger partial charge in [0.05, 0.1) is 5.69 Å². The van der Waals surface area contributed by atoms with Crippen LogP contribution in [0.3, 0.4) is 0 Å². The third-order valence-electron chi connectivity index (χ3n) is 4.26. The summed E-state index contributed by atoms with van der Waals surface area (Å²) in [6.07, 6.45) is 1.81. The van der Waals surface area contributed by atoms with Gasteiger partial charge in [0.2, 0.25) is 5.76 Å². The fourth-order valence-corrected chi connectivity index (χ4v) is 2.74. The van der Waals surface area contributed by atoms with Gasteiger partial charge in [-0.2, -0.15) is 0 Å². The molecule has 0 unspecified atom stereocenters. The number of nitrogens with one attached hydrogen (secondary N) is 1. The van der Waals surface area contributed by atoms with E-state index >= 15 is 0 Å². The molecule has 0 aliphatic carbocycles. The van der Waals surface area contributed by atoms with Crippen LogP contribution >= 0.6 is 0 Å². The van der Waals surface area contributed by atoms with Crippen LogP contribution in [0.5, 0.6) is 0 Å². The first-order valence-electron chi connectivity index (χ1n) is 8.29. The fraction of sp³-hybridized carbons (Fsp3) is 0.471. The maximum Gasteiger partial charge on any atom is 0.290 e. The number of anilines is 1. The number of rotatable bonds is 5. The SMILES string of the molecule is CCN1CCN(c2ccc(CNC(=O)c3cc(C)no3)cn2)CC1. The molecule has 1 aliphatic rings. The molecule has 3 heterocycles. The molecule has 1 fully saturated rings. The van der Waals surface area contributed by atoms with Crippen molar-refractivity contribution in [1.29, 1.82) is 0 Å². The van der Waals surface area contributed by atoms with Crippen molar-refractivity contribution in [3.8, 4) is 0 Å². The van der Waals surface area contributed by atoms with Crippen molar-refractivity contribution >= 4 is 11.7 Å². The van der Waals surface area contributed by atoms with Crippen molar-refractivity contribution in [1.82, 2.24) is 20.4 Å². The predicted octanol–water partition coefficient (Wildman–Crippen LogP) is 1.45. The van der Waals surface area contributed by atoms with Crippen LogP contribution in [0.1, 0.15) is 28.7 Å². The number of likely N-dealkylation sites (N-methyl/N-ethyl adjacent to an activating group) is 1. The first kappa shape index (κ1) is 16.4. The molecule has 1 saturated heterocycles. The molecule has 1 N–H and O–H groups in total. The number of hydrogen-bond donors (Lipinski definition) is 1. The van der Waals surface area contributed by atoms with Gasteiger partial charge in [-0.1, -0.05) is 18.1 Å². The van der Waals surface area contributed by atoms with Gasteiger partial charge in [-0.25, -0.2) is 4.98 Å². The number of piperazine rings is 1. The zero-order chi connectivity index (χ0) is 16.9. The minimum atomic E-state index is -0.268. The summed E-state index contributed by atoms with van der Waals surface area (Å²) in [5.41, 5.74) is 1.64. The molecule has 1 amide bonds. The standard InChI is InChI=1S/C17H23N5O2/c1-3-21-6-8-22(9-7-21)16-5-4-14(11-18-16)12-19-17(23)15-10-13(2)20-24-15/h4-5,10-11H,3,6-9,12H2,1-2H3,(H,19,23). The van der Waals surface area contributed by atoms with Crippen molar-refractivity contribution in [2.75, 3.05) is 37.6 Å². The zero-order valence-corrected chi connectivity index (χ0v) is 14.2. The molecular weight excluding hydrogens is 306 g/mol. The Morgan fingerprint density at radius 3 is 2.67 bits per heavy atom. The fourth-order valence-electron chi connectivity index (χ4n) is 2.74. The normalized spacial score (nSPS) is 15.5. The number of aromatic nitrogens is 2. The van der Waals surface area contributed by atoms with Gasteiger partial charge in [0, 0.05) is 45.0 Å². The van der Waals surface area contributed by atoms with E-state index in [1.54, 1.807) is 13.0 Å². The third-order valence-corrected chi connectivity index (χ3v) is 4.26. The minimum Gasteiger partial charge on any atom is -0.354 e. The lowest BCUT2D eigenvalue weighted by molar-refractivity contribution is 0.0914. The molecule has 0 spiro atoms. The van der Waals surface area contributed by atoms with E-state index in [0.29, 0.717) is 12.2 Å². The van der Waals surface area contributed by atoms with E-state index in [0.717, 1.165) is 44.1 Å². The summed E-state index contributed by atoms with van der Waals surface area (Å²) in [4.78, 5) is 21.2. The van der Waals surface area contributed by atoms with Crippen molar-refractivity contribution in [2.45, 2.75) is 20.4 Å². The Balaban J connectivity index is 1.52. The monoisotopic (exact) mass is 329 g/mol. The summed E-state index contributed by atoms with van der Waals surface area (Å²) >= 11 is 0. The second-order valence-corrected chi connectivity index (χ2v) is 5.96. The van der Waals surface area contributed by atoms with Crippen LogP contribution < -0.4 is 10.2 Å². The average molecular weight is 329 g/mol. The van der Waals surface area contributed by atoms with Crippen molar-refractivity contribution in [3.05, 3.63) is 41.4 Å². The lowest BCUT2D eigenvalue weighted by atomic mass is 10.2. The first-order chi connectivity index (χ1) is 11.7. The number of amides is 1. The summed E-state index contributed by atoms with van der Waals surface area (Å²) in [6.45, 7) is 9.64. The topological polar surface area (TPSA) is 74.5 Å². The average Bonchev–Trinajstić information content (AvgIpc) is 3.07. The van der Waals surface area contributed by atoms with Gasteiger partial charge < -0.3 is 19.6 Å². The maximum atomic E-state index is 11.9. The Labute approximate surface area is 141 Å². The van der Waals surface area contributed by atoms with E-state index in [4.69, 9.17) is 4.52 Å². The van der Waals surface area contributed by atoms with Gasteiger partial charge >= 0.3 is 0 Å². The largest absolute Gasteiger partial charge is 0.354 e. The van der Waals surface area contributed by atoms with Crippen LogP contribution in [0.4, 0.5) is 5.82 Å². The molecule has 0 atom stereocenters. The van der Waals surface area contributed by atoms with Gasteiger partial charge in [0.15, 0.2) is 0 Å². The quantitative estimate of drug-likeness (QED) is 0.895. The molecule has 24 heavy (non-hydrogen) atoms. The molecule has 7 nitrogen and oxygen atoms in total. The molecule has 0 aromatic carbocycles. The highest BCUT2D eigenvalue weighted by Gasteiger charge is 2.16. The molecule has 7 heteroatoms. The van der Waals surface area contributed by atoms with Crippen LogP contribution in [0.15, 0.2) is 28.9 Å². The van der Waals surface area contributed by atoms with Gasteiger partial charge in [0.1, 0.15) is 5.82 Å². The number of carbonyl (C=O) groups is 1. The highest BCUT2D eigenvalue weighted by atomic mass is 16.5. The summed E-state index contributed by atoms with van der Waals surface area (Å²) in [5.74, 6) is 0.952. The predicted molar refractivity (Wildman–Crippen MR) is 91.0 cm³/mol. The Kier molecular flexibility index (Phi) is 5.10. The summed E-state index contributed by atoms with van der Waals surface area (Å²) in [7, 11) is 0. The zero-order valence-electron chi connectivity index (χ0n) is 14.2. The number of carbonyl (C=O) groups excluding carboxylic acids is 1. The molecule has 2 aromatic rings. The Bertz CT molecular complexity index is 675. The summed E-state index contributed by atoms with van der Waals surface area (Å²) < 4.78 is 4.94.